The van der Waals surface area contributed by atoms with Gasteiger partial charge in [0, 0.05) is 20.2 Å². The number of carbonyl (C=O) groups excluding carboxylic acids is 1. The number of carbonyl (C=O) groups is 1. The summed E-state index contributed by atoms with van der Waals surface area (Å²) in [6.07, 6.45) is 3.21. The molecule has 0 saturated heterocycles. The molecule has 0 spiro atoms. The smallest absolute Gasteiger partial charge is 0.223 e. The number of pyridine rings is 1. The molecule has 0 aliphatic carbocycles. The Morgan fingerprint density at radius 1 is 1.39 bits per heavy atom. The molecule has 0 atom stereocenters. The lowest BCUT2D eigenvalue weighted by atomic mass is 10.4. The lowest BCUT2D eigenvalue weighted by Crippen LogP contribution is -2.22. The number of hydrogen-bond donors (Lipinski definition) is 0. The third kappa shape index (κ3) is 2.32. The van der Waals surface area contributed by atoms with Gasteiger partial charge in [-0.05, 0) is 12.1 Å². The minimum absolute atomic E-state index is 0.131. The molecule has 0 saturated carbocycles. The molecule has 0 unspecified atom stereocenters. The molecular formula is C11H10Cl2N4O. The Morgan fingerprint density at radius 3 is 2.72 bits per heavy atom. The molecule has 7 heteroatoms. The number of rotatable bonds is 2. The van der Waals surface area contributed by atoms with E-state index in [1.807, 2.05) is 0 Å². The third-order valence-corrected chi connectivity index (χ3v) is 3.03. The van der Waals surface area contributed by atoms with Crippen LogP contribution in [0.3, 0.4) is 0 Å². The van der Waals surface area contributed by atoms with E-state index < -0.39 is 0 Å². The first kappa shape index (κ1) is 12.9. The molecule has 2 rings (SSSR count). The van der Waals surface area contributed by atoms with Gasteiger partial charge < -0.3 is 4.90 Å². The normalized spacial score (nSPS) is 10.4. The third-order valence-electron chi connectivity index (χ3n) is 2.47. The van der Waals surface area contributed by atoms with Crippen LogP contribution in [0.1, 0.15) is 6.92 Å². The SMILES string of the molecule is CC(=O)N(C)c1cn(-c2cccnc2Cl)nc1Cl. The van der Waals surface area contributed by atoms with Crippen LogP contribution in [0.5, 0.6) is 0 Å². The van der Waals surface area contributed by atoms with Crippen molar-refractivity contribution in [2.45, 2.75) is 6.92 Å². The molecule has 2 heterocycles. The zero-order chi connectivity index (χ0) is 13.3. The van der Waals surface area contributed by atoms with E-state index in [1.165, 1.54) is 16.5 Å². The highest BCUT2D eigenvalue weighted by atomic mass is 35.5. The fourth-order valence-corrected chi connectivity index (χ4v) is 1.87. The van der Waals surface area contributed by atoms with Gasteiger partial charge in [0.25, 0.3) is 0 Å². The fraction of sp³-hybridized carbons (Fsp3) is 0.182. The van der Waals surface area contributed by atoms with Crippen molar-refractivity contribution in [3.05, 3.63) is 34.8 Å². The average Bonchev–Trinajstić information content (AvgIpc) is 2.70. The molecule has 0 aliphatic rings. The van der Waals surface area contributed by atoms with Crippen molar-refractivity contribution in [1.29, 1.82) is 0 Å². The van der Waals surface area contributed by atoms with E-state index in [0.29, 0.717) is 16.5 Å². The Morgan fingerprint density at radius 2 is 2.11 bits per heavy atom. The van der Waals surface area contributed by atoms with Gasteiger partial charge in [-0.3, -0.25) is 4.79 Å². The second-order valence-corrected chi connectivity index (χ2v) is 4.36. The Bertz CT molecular complexity index is 596. The maximum absolute atomic E-state index is 11.3. The van der Waals surface area contributed by atoms with E-state index >= 15 is 0 Å². The molecule has 0 fully saturated rings. The summed E-state index contributed by atoms with van der Waals surface area (Å²) < 4.78 is 1.49. The van der Waals surface area contributed by atoms with Crippen LogP contribution >= 0.6 is 23.2 Å². The lowest BCUT2D eigenvalue weighted by molar-refractivity contribution is -0.116. The molecule has 94 valence electrons. The molecule has 2 aromatic heterocycles. The minimum atomic E-state index is -0.131. The number of anilines is 1. The maximum Gasteiger partial charge on any atom is 0.223 e. The van der Waals surface area contributed by atoms with Gasteiger partial charge in [-0.2, -0.15) is 5.10 Å². The van der Waals surface area contributed by atoms with E-state index in [-0.39, 0.29) is 11.1 Å². The van der Waals surface area contributed by atoms with Crippen LogP contribution in [0, 0.1) is 0 Å². The maximum atomic E-state index is 11.3. The monoisotopic (exact) mass is 284 g/mol. The van der Waals surface area contributed by atoms with Crippen molar-refractivity contribution in [3.8, 4) is 5.69 Å². The first-order chi connectivity index (χ1) is 8.50. The Balaban J connectivity index is 2.47. The van der Waals surface area contributed by atoms with Crippen LogP contribution in [-0.4, -0.2) is 27.7 Å². The molecule has 1 amide bonds. The molecule has 5 nitrogen and oxygen atoms in total. The average molecular weight is 285 g/mol. The molecular weight excluding hydrogens is 275 g/mol. The van der Waals surface area contributed by atoms with Crippen LogP contribution in [-0.2, 0) is 4.79 Å². The second kappa shape index (κ2) is 4.96. The number of hydrogen-bond acceptors (Lipinski definition) is 3. The van der Waals surface area contributed by atoms with Crippen LogP contribution in [0.4, 0.5) is 5.69 Å². The van der Waals surface area contributed by atoms with Crippen LogP contribution in [0.25, 0.3) is 5.69 Å². The largest absolute Gasteiger partial charge is 0.312 e. The van der Waals surface area contributed by atoms with Gasteiger partial charge >= 0.3 is 0 Å². The van der Waals surface area contributed by atoms with E-state index in [1.54, 1.807) is 31.6 Å². The van der Waals surface area contributed by atoms with E-state index in [0.717, 1.165) is 0 Å². The zero-order valence-corrected chi connectivity index (χ0v) is 11.3. The topological polar surface area (TPSA) is 51.0 Å². The van der Waals surface area contributed by atoms with Crippen molar-refractivity contribution in [2.24, 2.45) is 0 Å². The summed E-state index contributed by atoms with van der Waals surface area (Å²) in [5.74, 6) is -0.131. The molecule has 0 N–H and O–H groups in total. The van der Waals surface area contributed by atoms with Gasteiger partial charge in [-0.25, -0.2) is 9.67 Å². The van der Waals surface area contributed by atoms with Gasteiger partial charge in [0.1, 0.15) is 11.4 Å². The number of aromatic nitrogens is 3. The quantitative estimate of drug-likeness (QED) is 0.797. The van der Waals surface area contributed by atoms with Crippen molar-refractivity contribution in [3.63, 3.8) is 0 Å². The fourth-order valence-electron chi connectivity index (χ4n) is 1.41. The van der Waals surface area contributed by atoms with Gasteiger partial charge in [0.15, 0.2) is 10.3 Å². The summed E-state index contributed by atoms with van der Waals surface area (Å²) >= 11 is 12.0. The Labute approximate surface area is 114 Å². The highest BCUT2D eigenvalue weighted by Gasteiger charge is 2.16. The first-order valence-electron chi connectivity index (χ1n) is 5.11. The van der Waals surface area contributed by atoms with Crippen LogP contribution in [0.2, 0.25) is 10.3 Å². The zero-order valence-electron chi connectivity index (χ0n) is 9.76. The summed E-state index contributed by atoms with van der Waals surface area (Å²) in [4.78, 5) is 16.7. The highest BCUT2D eigenvalue weighted by Crippen LogP contribution is 2.26. The van der Waals surface area contributed by atoms with Crippen molar-refractivity contribution < 1.29 is 4.79 Å². The first-order valence-corrected chi connectivity index (χ1v) is 5.86. The van der Waals surface area contributed by atoms with Crippen LogP contribution < -0.4 is 4.90 Å². The summed E-state index contributed by atoms with van der Waals surface area (Å²) in [7, 11) is 1.63. The van der Waals surface area contributed by atoms with E-state index in [4.69, 9.17) is 23.2 Å². The van der Waals surface area contributed by atoms with Crippen molar-refractivity contribution >= 4 is 34.8 Å². The predicted octanol–water partition coefficient (Wildman–Crippen LogP) is 2.56. The standard InChI is InChI=1S/C11H10Cl2N4O/c1-7(18)16(2)9-6-17(15-11(9)13)8-4-3-5-14-10(8)12/h3-6H,1-2H3. The van der Waals surface area contributed by atoms with Crippen LogP contribution in [0.15, 0.2) is 24.5 Å². The number of amides is 1. The molecule has 0 aliphatic heterocycles. The molecule has 0 radical (unpaired) electrons. The molecule has 0 bridgehead atoms. The predicted molar refractivity (Wildman–Crippen MR) is 70.5 cm³/mol. The summed E-state index contributed by atoms with van der Waals surface area (Å²) in [5.41, 5.74) is 1.12. The van der Waals surface area contributed by atoms with Gasteiger partial charge in [-0.1, -0.05) is 23.2 Å². The Hall–Kier alpha value is -1.59. The molecule has 18 heavy (non-hydrogen) atoms. The minimum Gasteiger partial charge on any atom is -0.312 e. The highest BCUT2D eigenvalue weighted by molar-refractivity contribution is 6.33. The van der Waals surface area contributed by atoms with Gasteiger partial charge in [0.2, 0.25) is 5.91 Å². The van der Waals surface area contributed by atoms with E-state index in [9.17, 15) is 4.79 Å². The number of halogens is 2. The van der Waals surface area contributed by atoms with E-state index in [2.05, 4.69) is 10.1 Å². The van der Waals surface area contributed by atoms with Crippen molar-refractivity contribution in [2.75, 3.05) is 11.9 Å². The summed E-state index contributed by atoms with van der Waals surface area (Å²) in [6.45, 7) is 1.45. The number of nitrogens with zero attached hydrogens (tertiary/aromatic N) is 4. The molecule has 0 aromatic carbocycles. The molecule has 2 aromatic rings. The summed E-state index contributed by atoms with van der Waals surface area (Å²) in [6, 6.07) is 3.50. The second-order valence-electron chi connectivity index (χ2n) is 3.64. The van der Waals surface area contributed by atoms with Gasteiger partial charge in [0.05, 0.1) is 6.20 Å². The summed E-state index contributed by atoms with van der Waals surface area (Å²) in [5, 5.41) is 4.65. The Kier molecular flexibility index (Phi) is 3.54. The van der Waals surface area contributed by atoms with Gasteiger partial charge in [-0.15, -0.1) is 0 Å². The lowest BCUT2D eigenvalue weighted by Gasteiger charge is -2.11. The van der Waals surface area contributed by atoms with Crippen molar-refractivity contribution in [1.82, 2.24) is 14.8 Å².